The summed E-state index contributed by atoms with van der Waals surface area (Å²) in [6, 6.07) is 9.14. The van der Waals surface area contributed by atoms with Crippen molar-refractivity contribution < 1.29 is 27.7 Å². The highest BCUT2D eigenvalue weighted by atomic mass is 32.2. The van der Waals surface area contributed by atoms with E-state index in [1.54, 1.807) is 31.2 Å². The maximum absolute atomic E-state index is 12.6. The van der Waals surface area contributed by atoms with Gasteiger partial charge in [-0.05, 0) is 30.7 Å². The van der Waals surface area contributed by atoms with Gasteiger partial charge in [0, 0.05) is 23.4 Å². The van der Waals surface area contributed by atoms with Gasteiger partial charge in [-0.3, -0.25) is 19.6 Å². The Bertz CT molecular complexity index is 1070. The van der Waals surface area contributed by atoms with Crippen LogP contribution in [0.3, 0.4) is 0 Å². The molecular formula is C18H19N3O7S. The first-order valence-electron chi connectivity index (χ1n) is 8.26. The molecule has 0 aliphatic carbocycles. The number of rotatable bonds is 7. The van der Waals surface area contributed by atoms with Crippen LogP contribution in [-0.2, 0) is 14.8 Å². The summed E-state index contributed by atoms with van der Waals surface area (Å²) in [5.74, 6) is -1.46. The number of nitro groups is 1. The number of nitro benzene ring substituents is 1. The molecule has 0 radical (unpaired) electrons. The van der Waals surface area contributed by atoms with Crippen LogP contribution in [0.25, 0.3) is 0 Å². The molecule has 0 aliphatic rings. The molecule has 2 aromatic rings. The monoisotopic (exact) mass is 421 g/mol. The van der Waals surface area contributed by atoms with Gasteiger partial charge in [0.15, 0.2) is 0 Å². The highest BCUT2D eigenvalue weighted by Gasteiger charge is 2.20. The zero-order valence-corrected chi connectivity index (χ0v) is 16.6. The van der Waals surface area contributed by atoms with Crippen molar-refractivity contribution in [2.24, 2.45) is 0 Å². The summed E-state index contributed by atoms with van der Waals surface area (Å²) in [6.45, 7) is 1.66. The maximum Gasteiger partial charge on any atom is 0.338 e. The highest BCUT2D eigenvalue weighted by molar-refractivity contribution is 7.92. The molecule has 10 nitrogen and oxygen atoms in total. The lowest BCUT2D eigenvalue weighted by atomic mass is 10.1. The number of amides is 1. The largest absolute Gasteiger partial charge is 0.465 e. The quantitative estimate of drug-likeness (QED) is 0.396. The van der Waals surface area contributed by atoms with Crippen molar-refractivity contribution in [2.45, 2.75) is 13.0 Å². The van der Waals surface area contributed by atoms with Crippen molar-refractivity contribution in [1.82, 2.24) is 5.32 Å². The van der Waals surface area contributed by atoms with E-state index >= 15 is 0 Å². The van der Waals surface area contributed by atoms with E-state index < -0.39 is 38.6 Å². The van der Waals surface area contributed by atoms with E-state index in [2.05, 4.69) is 14.8 Å². The van der Waals surface area contributed by atoms with Crippen LogP contribution in [0.15, 0.2) is 42.5 Å². The normalized spacial score (nSPS) is 12.0. The Morgan fingerprint density at radius 3 is 2.38 bits per heavy atom. The van der Waals surface area contributed by atoms with Crippen molar-refractivity contribution in [1.29, 1.82) is 0 Å². The number of non-ortho nitro benzene ring substituents is 1. The molecule has 0 saturated carbocycles. The molecule has 0 fully saturated rings. The Labute approximate surface area is 167 Å². The summed E-state index contributed by atoms with van der Waals surface area (Å²) in [7, 11) is -2.33. The topological polar surface area (TPSA) is 145 Å². The van der Waals surface area contributed by atoms with Gasteiger partial charge in [0.25, 0.3) is 11.6 Å². The Kier molecular flexibility index (Phi) is 6.54. The second-order valence-corrected chi connectivity index (χ2v) is 7.96. The Hall–Kier alpha value is -3.47. The number of methoxy groups -OCH3 is 1. The van der Waals surface area contributed by atoms with Crippen molar-refractivity contribution in [3.05, 3.63) is 69.3 Å². The zero-order chi connectivity index (χ0) is 21.8. The number of carbonyl (C=O) groups excluding carboxylic acids is 2. The van der Waals surface area contributed by atoms with E-state index in [0.717, 1.165) is 25.5 Å². The summed E-state index contributed by atoms with van der Waals surface area (Å²) in [6.07, 6.45) is 1.02. The van der Waals surface area contributed by atoms with Crippen LogP contribution in [0.2, 0.25) is 0 Å². The Morgan fingerprint density at radius 2 is 1.79 bits per heavy atom. The number of sulfonamides is 1. The smallest absolute Gasteiger partial charge is 0.338 e. The number of carbonyl (C=O) groups is 2. The molecule has 29 heavy (non-hydrogen) atoms. The molecule has 2 N–H and O–H groups in total. The average Bonchev–Trinajstić information content (AvgIpc) is 2.65. The zero-order valence-electron chi connectivity index (χ0n) is 15.8. The van der Waals surface area contributed by atoms with E-state index in [1.807, 2.05) is 0 Å². The van der Waals surface area contributed by atoms with E-state index in [-0.39, 0.29) is 11.1 Å². The Balaban J connectivity index is 2.27. The molecule has 1 unspecified atom stereocenters. The van der Waals surface area contributed by atoms with Gasteiger partial charge in [0.05, 0.1) is 29.9 Å². The molecule has 2 rings (SSSR count). The molecule has 0 aromatic heterocycles. The second-order valence-electron chi connectivity index (χ2n) is 6.21. The number of nitrogens with zero attached hydrogens (tertiary/aromatic N) is 1. The van der Waals surface area contributed by atoms with Gasteiger partial charge in [0.2, 0.25) is 10.0 Å². The van der Waals surface area contributed by atoms with Gasteiger partial charge in [-0.25, -0.2) is 13.2 Å². The van der Waals surface area contributed by atoms with Crippen LogP contribution in [0.5, 0.6) is 0 Å². The van der Waals surface area contributed by atoms with Crippen molar-refractivity contribution >= 4 is 33.3 Å². The highest BCUT2D eigenvalue weighted by Crippen LogP contribution is 2.21. The first-order valence-corrected chi connectivity index (χ1v) is 10.2. The summed E-state index contributed by atoms with van der Waals surface area (Å²) in [5, 5.41) is 13.8. The molecule has 0 heterocycles. The minimum Gasteiger partial charge on any atom is -0.465 e. The number of nitrogens with one attached hydrogen (secondary N) is 2. The van der Waals surface area contributed by atoms with Gasteiger partial charge in [-0.15, -0.1) is 0 Å². The molecule has 0 saturated heterocycles. The molecule has 0 aliphatic heterocycles. The number of hydrogen-bond acceptors (Lipinski definition) is 7. The maximum atomic E-state index is 12.6. The van der Waals surface area contributed by atoms with Gasteiger partial charge < -0.3 is 10.1 Å². The molecule has 11 heteroatoms. The first-order chi connectivity index (χ1) is 13.5. The van der Waals surface area contributed by atoms with Crippen molar-refractivity contribution in [2.75, 3.05) is 18.1 Å². The standard InChI is InChI=1S/C18H19N3O7S/c1-11(12-5-4-6-15(8-12)20-29(3,26)27)19-17(22)13-7-14(18(23)28-2)10-16(9-13)21(24)25/h4-11,20H,1-3H3,(H,19,22). The third-order valence-corrected chi connectivity index (χ3v) is 4.46. The minimum absolute atomic E-state index is 0.0862. The summed E-state index contributed by atoms with van der Waals surface area (Å²) in [5.41, 5.74) is 0.292. The number of anilines is 1. The lowest BCUT2D eigenvalue weighted by Gasteiger charge is -2.16. The fourth-order valence-corrected chi connectivity index (χ4v) is 3.09. The molecule has 0 spiro atoms. The van der Waals surface area contributed by atoms with Crippen LogP contribution in [-0.4, -0.2) is 38.6 Å². The first kappa shape index (κ1) is 21.8. The summed E-state index contributed by atoms with van der Waals surface area (Å²) < 4.78 is 29.6. The fourth-order valence-electron chi connectivity index (χ4n) is 2.53. The second kappa shape index (κ2) is 8.69. The third-order valence-electron chi connectivity index (χ3n) is 3.85. The third kappa shape index (κ3) is 6.01. The summed E-state index contributed by atoms with van der Waals surface area (Å²) in [4.78, 5) is 34.7. The van der Waals surface area contributed by atoms with E-state index in [1.165, 1.54) is 6.07 Å². The predicted octanol–water partition coefficient (Wildman–Crippen LogP) is 2.24. The Morgan fingerprint density at radius 1 is 1.14 bits per heavy atom. The van der Waals surface area contributed by atoms with Crippen LogP contribution < -0.4 is 10.0 Å². The van der Waals surface area contributed by atoms with Crippen LogP contribution in [0, 0.1) is 10.1 Å². The lowest BCUT2D eigenvalue weighted by Crippen LogP contribution is -2.27. The summed E-state index contributed by atoms with van der Waals surface area (Å²) >= 11 is 0. The number of hydrogen-bond donors (Lipinski definition) is 2. The SMILES string of the molecule is COC(=O)c1cc(C(=O)NC(C)c2cccc(NS(C)(=O)=O)c2)cc([N+](=O)[O-])c1. The fraction of sp³-hybridized carbons (Fsp3) is 0.222. The molecule has 0 bridgehead atoms. The molecule has 154 valence electrons. The molecule has 2 aromatic carbocycles. The molecule has 1 amide bonds. The minimum atomic E-state index is -3.46. The van der Waals surface area contributed by atoms with Crippen LogP contribution >= 0.6 is 0 Å². The van der Waals surface area contributed by atoms with Crippen LogP contribution in [0.4, 0.5) is 11.4 Å². The van der Waals surface area contributed by atoms with Gasteiger partial charge in [0.1, 0.15) is 0 Å². The molecular weight excluding hydrogens is 402 g/mol. The van der Waals surface area contributed by atoms with Gasteiger partial charge in [-0.2, -0.15) is 0 Å². The van der Waals surface area contributed by atoms with E-state index in [4.69, 9.17) is 0 Å². The molecule has 1 atom stereocenters. The van der Waals surface area contributed by atoms with Gasteiger partial charge in [-0.1, -0.05) is 12.1 Å². The number of benzene rings is 2. The van der Waals surface area contributed by atoms with Crippen molar-refractivity contribution in [3.63, 3.8) is 0 Å². The van der Waals surface area contributed by atoms with Gasteiger partial charge >= 0.3 is 5.97 Å². The number of ether oxygens (including phenoxy) is 1. The number of esters is 1. The predicted molar refractivity (Wildman–Crippen MR) is 105 cm³/mol. The van der Waals surface area contributed by atoms with Crippen LogP contribution in [0.1, 0.15) is 39.2 Å². The van der Waals surface area contributed by atoms with E-state index in [9.17, 15) is 28.1 Å². The average molecular weight is 421 g/mol. The lowest BCUT2D eigenvalue weighted by molar-refractivity contribution is -0.384. The van der Waals surface area contributed by atoms with E-state index in [0.29, 0.717) is 11.3 Å². The van der Waals surface area contributed by atoms with Crippen molar-refractivity contribution in [3.8, 4) is 0 Å².